The highest BCUT2D eigenvalue weighted by molar-refractivity contribution is 9.10. The summed E-state index contributed by atoms with van der Waals surface area (Å²) < 4.78 is 16.6. The van der Waals surface area contributed by atoms with Crippen molar-refractivity contribution in [1.29, 1.82) is 0 Å². The Morgan fingerprint density at radius 2 is 1.90 bits per heavy atom. The van der Waals surface area contributed by atoms with Crippen molar-refractivity contribution in [3.8, 4) is 17.2 Å². The predicted octanol–water partition coefficient (Wildman–Crippen LogP) is 3.30. The van der Waals surface area contributed by atoms with Crippen molar-refractivity contribution in [2.24, 2.45) is 5.10 Å². The van der Waals surface area contributed by atoms with Gasteiger partial charge in [-0.1, -0.05) is 12.7 Å². The van der Waals surface area contributed by atoms with Crippen molar-refractivity contribution in [2.75, 3.05) is 27.4 Å². The first-order valence-electron chi connectivity index (χ1n) is 9.33. The van der Waals surface area contributed by atoms with Gasteiger partial charge in [0.15, 0.2) is 11.5 Å². The van der Waals surface area contributed by atoms with Crippen molar-refractivity contribution in [2.45, 2.75) is 6.42 Å². The number of methoxy groups -OCH3 is 2. The number of ether oxygens (including phenoxy) is 3. The minimum Gasteiger partial charge on any atom is -0.497 e. The van der Waals surface area contributed by atoms with E-state index in [1.165, 1.54) is 13.3 Å². The van der Waals surface area contributed by atoms with Crippen LogP contribution in [0, 0.1) is 0 Å². The number of carbonyl (C=O) groups excluding carboxylic acids is 2. The summed E-state index contributed by atoms with van der Waals surface area (Å²) in [6.45, 7) is 4.14. The quantitative estimate of drug-likeness (QED) is 0.286. The molecule has 0 atom stereocenters. The lowest BCUT2D eigenvalue weighted by Gasteiger charge is -2.12. The summed E-state index contributed by atoms with van der Waals surface area (Å²) >= 11 is 3.43. The third-order valence-corrected chi connectivity index (χ3v) is 4.58. The number of nitrogens with one attached hydrogen (secondary N) is 2. The number of benzene rings is 2. The van der Waals surface area contributed by atoms with Gasteiger partial charge in [0, 0.05) is 18.5 Å². The van der Waals surface area contributed by atoms with E-state index in [0.29, 0.717) is 39.5 Å². The Bertz CT molecular complexity index is 945. The molecule has 164 valence electrons. The maximum absolute atomic E-state index is 12.1. The topological polar surface area (TPSA) is 98.2 Å². The van der Waals surface area contributed by atoms with E-state index in [1.54, 1.807) is 49.6 Å². The van der Waals surface area contributed by atoms with Crippen LogP contribution < -0.4 is 25.0 Å². The van der Waals surface area contributed by atoms with Gasteiger partial charge in [-0.3, -0.25) is 9.59 Å². The predicted molar refractivity (Wildman–Crippen MR) is 122 cm³/mol. The number of hydrogen-bond acceptors (Lipinski definition) is 6. The molecule has 0 aromatic heterocycles. The normalized spacial score (nSPS) is 10.4. The van der Waals surface area contributed by atoms with E-state index >= 15 is 0 Å². The first-order valence-corrected chi connectivity index (χ1v) is 10.1. The van der Waals surface area contributed by atoms with Crippen LogP contribution >= 0.6 is 15.9 Å². The zero-order valence-corrected chi connectivity index (χ0v) is 18.9. The number of hydrogen-bond donors (Lipinski definition) is 2. The molecular formula is C22H24BrN3O5. The molecule has 2 aromatic carbocycles. The highest BCUT2D eigenvalue weighted by Crippen LogP contribution is 2.36. The Kier molecular flexibility index (Phi) is 9.57. The first-order chi connectivity index (χ1) is 15.0. The zero-order chi connectivity index (χ0) is 22.6. The molecule has 0 heterocycles. The number of halogens is 1. The fourth-order valence-electron chi connectivity index (χ4n) is 2.47. The molecule has 0 saturated carbocycles. The molecular weight excluding hydrogens is 466 g/mol. The Hall–Kier alpha value is -3.33. The van der Waals surface area contributed by atoms with Gasteiger partial charge in [-0.15, -0.1) is 0 Å². The number of amides is 2. The van der Waals surface area contributed by atoms with Gasteiger partial charge >= 0.3 is 0 Å². The van der Waals surface area contributed by atoms with Gasteiger partial charge in [-0.05, 0) is 57.9 Å². The molecule has 2 amide bonds. The van der Waals surface area contributed by atoms with E-state index in [2.05, 4.69) is 38.4 Å². The smallest absolute Gasteiger partial charge is 0.251 e. The first kappa shape index (κ1) is 23.9. The van der Waals surface area contributed by atoms with Crippen LogP contribution in [0.1, 0.15) is 22.3 Å². The molecule has 9 heteroatoms. The van der Waals surface area contributed by atoms with E-state index in [9.17, 15) is 9.59 Å². The highest BCUT2D eigenvalue weighted by Gasteiger charge is 2.11. The molecule has 2 aromatic rings. The van der Waals surface area contributed by atoms with Gasteiger partial charge in [-0.25, -0.2) is 5.43 Å². The maximum atomic E-state index is 12.1. The third-order valence-electron chi connectivity index (χ3n) is 3.99. The number of carbonyl (C=O) groups is 2. The lowest BCUT2D eigenvalue weighted by molar-refractivity contribution is -0.120. The number of nitrogens with zero attached hydrogens (tertiary/aromatic N) is 1. The molecule has 0 aliphatic rings. The Balaban J connectivity index is 1.83. The lowest BCUT2D eigenvalue weighted by atomic mass is 10.2. The molecule has 2 N–H and O–H groups in total. The van der Waals surface area contributed by atoms with Crippen LogP contribution in [0.3, 0.4) is 0 Å². The summed E-state index contributed by atoms with van der Waals surface area (Å²) in [6.07, 6.45) is 3.20. The molecule has 0 radical (unpaired) electrons. The van der Waals surface area contributed by atoms with Crippen LogP contribution in [-0.2, 0) is 4.79 Å². The number of rotatable bonds is 11. The van der Waals surface area contributed by atoms with Crippen LogP contribution in [0.15, 0.2) is 58.6 Å². The van der Waals surface area contributed by atoms with Crippen LogP contribution in [0.2, 0.25) is 0 Å². The SMILES string of the molecule is C=CCOc1c(Br)cc(C=NNC(=O)CCNC(=O)c2ccc(OC)cc2)cc1OC. The molecule has 0 fully saturated rings. The summed E-state index contributed by atoms with van der Waals surface area (Å²) in [5, 5.41) is 6.63. The molecule has 31 heavy (non-hydrogen) atoms. The van der Waals surface area contributed by atoms with Crippen molar-refractivity contribution in [3.05, 3.63) is 64.7 Å². The van der Waals surface area contributed by atoms with Crippen molar-refractivity contribution >= 4 is 34.0 Å². The molecule has 0 spiro atoms. The van der Waals surface area contributed by atoms with Crippen LogP contribution in [0.25, 0.3) is 0 Å². The van der Waals surface area contributed by atoms with Crippen molar-refractivity contribution in [1.82, 2.24) is 10.7 Å². The van der Waals surface area contributed by atoms with Gasteiger partial charge in [-0.2, -0.15) is 5.10 Å². The van der Waals surface area contributed by atoms with Gasteiger partial charge < -0.3 is 19.5 Å². The highest BCUT2D eigenvalue weighted by atomic mass is 79.9. The average Bonchev–Trinajstić information content (AvgIpc) is 2.78. The second-order valence-electron chi connectivity index (χ2n) is 6.16. The van der Waals surface area contributed by atoms with Gasteiger partial charge in [0.1, 0.15) is 12.4 Å². The summed E-state index contributed by atoms with van der Waals surface area (Å²) in [7, 11) is 3.09. The summed E-state index contributed by atoms with van der Waals surface area (Å²) in [5.74, 6) is 1.14. The monoisotopic (exact) mass is 489 g/mol. The number of hydrazone groups is 1. The second kappa shape index (κ2) is 12.4. The lowest BCUT2D eigenvalue weighted by Crippen LogP contribution is -2.29. The Labute approximate surface area is 189 Å². The fourth-order valence-corrected chi connectivity index (χ4v) is 3.04. The van der Waals surface area contributed by atoms with Crippen LogP contribution in [0.4, 0.5) is 0 Å². The van der Waals surface area contributed by atoms with Gasteiger partial charge in [0.2, 0.25) is 5.91 Å². The minimum absolute atomic E-state index is 0.0839. The van der Waals surface area contributed by atoms with E-state index in [0.717, 1.165) is 0 Å². The summed E-state index contributed by atoms with van der Waals surface area (Å²) in [4.78, 5) is 24.0. The van der Waals surface area contributed by atoms with E-state index in [-0.39, 0.29) is 24.8 Å². The van der Waals surface area contributed by atoms with E-state index < -0.39 is 0 Å². The van der Waals surface area contributed by atoms with Crippen LogP contribution in [0.5, 0.6) is 17.2 Å². The molecule has 2 rings (SSSR count). The summed E-state index contributed by atoms with van der Waals surface area (Å²) in [5.41, 5.74) is 3.61. The molecule has 0 aliphatic heterocycles. The largest absolute Gasteiger partial charge is 0.497 e. The average molecular weight is 490 g/mol. The van der Waals surface area contributed by atoms with Gasteiger partial charge in [0.05, 0.1) is 24.9 Å². The standard InChI is InChI=1S/C22H24BrN3O5/c1-4-11-31-21-18(23)12-15(13-19(21)30-3)14-25-26-20(27)9-10-24-22(28)16-5-7-17(29-2)8-6-16/h4-8,12-14H,1,9-11H2,2-3H3,(H,24,28)(H,26,27). The van der Waals surface area contributed by atoms with E-state index in [1.807, 2.05) is 0 Å². The molecule has 0 unspecified atom stereocenters. The Morgan fingerprint density at radius 1 is 1.16 bits per heavy atom. The third kappa shape index (κ3) is 7.45. The van der Waals surface area contributed by atoms with E-state index in [4.69, 9.17) is 14.2 Å². The fraction of sp³-hybridized carbons (Fsp3) is 0.227. The minimum atomic E-state index is -0.330. The molecule has 0 saturated heterocycles. The Morgan fingerprint density at radius 3 is 2.55 bits per heavy atom. The van der Waals surface area contributed by atoms with Crippen LogP contribution in [-0.4, -0.2) is 45.4 Å². The van der Waals surface area contributed by atoms with Gasteiger partial charge in [0.25, 0.3) is 5.91 Å². The molecule has 0 bridgehead atoms. The summed E-state index contributed by atoms with van der Waals surface area (Å²) in [6, 6.07) is 10.2. The van der Waals surface area contributed by atoms with Crippen molar-refractivity contribution in [3.63, 3.8) is 0 Å². The molecule has 0 aliphatic carbocycles. The second-order valence-corrected chi connectivity index (χ2v) is 7.02. The maximum Gasteiger partial charge on any atom is 0.251 e. The van der Waals surface area contributed by atoms with Crippen molar-refractivity contribution < 1.29 is 23.8 Å². The molecule has 8 nitrogen and oxygen atoms in total. The zero-order valence-electron chi connectivity index (χ0n) is 17.3.